The highest BCUT2D eigenvalue weighted by atomic mass is 35.5. The molecule has 1 aromatic rings. The first kappa shape index (κ1) is 20.5. The Labute approximate surface area is 104 Å². The van der Waals surface area contributed by atoms with Gasteiger partial charge in [0, 0.05) is 5.02 Å². The predicted octanol–water partition coefficient (Wildman–Crippen LogP) is 0.135. The number of carbonyl (C=O) groups excluding carboxylic acids is 2. The van der Waals surface area contributed by atoms with E-state index in [9.17, 15) is 19.8 Å². The summed E-state index contributed by atoms with van der Waals surface area (Å²) in [7, 11) is 0. The van der Waals surface area contributed by atoms with Crippen molar-refractivity contribution in [1.82, 2.24) is 12.3 Å². The molecule has 0 atom stereocenters. The summed E-state index contributed by atoms with van der Waals surface area (Å²) >= 11 is 5.54. The van der Waals surface area contributed by atoms with E-state index in [1.165, 1.54) is 0 Å². The Morgan fingerprint density at radius 1 is 0.941 bits per heavy atom. The van der Waals surface area contributed by atoms with Crippen molar-refractivity contribution in [2.75, 3.05) is 0 Å². The number of carboxylic acid groups (broad SMARTS) is 2. The minimum absolute atomic E-state index is 0. The molecule has 17 heavy (non-hydrogen) atoms. The number of benzene rings is 1. The Hall–Kier alpha value is -1.89. The number of hydrogen-bond acceptors (Lipinski definition) is 4. The standard InChI is InChI=1S/C6H5Cl.C4H4O4.2H3N/c7-6-4-2-1-3-5-6;5-3(6)1-2-4(7)8;;/h1-5H;1-2H,(H,5,6)(H,7,8);2*1H3. The molecule has 0 spiro atoms. The van der Waals surface area contributed by atoms with Crippen molar-refractivity contribution in [2.45, 2.75) is 0 Å². The average molecular weight is 263 g/mol. The van der Waals surface area contributed by atoms with Crippen LogP contribution in [0.2, 0.25) is 5.02 Å². The summed E-state index contributed by atoms with van der Waals surface area (Å²) in [5, 5.41) is 19.6. The van der Waals surface area contributed by atoms with E-state index in [0.717, 1.165) is 5.02 Å². The topological polar surface area (TPSA) is 153 Å². The number of halogens is 1. The molecular weight excluding hydrogens is 248 g/mol. The molecule has 7 heteroatoms. The van der Waals surface area contributed by atoms with Gasteiger partial charge in [0.05, 0.1) is 11.9 Å². The lowest BCUT2D eigenvalue weighted by molar-refractivity contribution is -0.301. The van der Waals surface area contributed by atoms with Gasteiger partial charge in [-0.3, -0.25) is 0 Å². The molecule has 0 fully saturated rings. The first-order valence-corrected chi connectivity index (χ1v) is 4.20. The summed E-state index contributed by atoms with van der Waals surface area (Å²) in [4.78, 5) is 18.8. The molecule has 0 aromatic heterocycles. The lowest BCUT2D eigenvalue weighted by Gasteiger charge is -1.90. The predicted molar refractivity (Wildman–Crippen MR) is 62.6 cm³/mol. The van der Waals surface area contributed by atoms with Gasteiger partial charge < -0.3 is 32.1 Å². The second kappa shape index (κ2) is 12.2. The molecule has 0 bridgehead atoms. The largest absolute Gasteiger partial charge is 0.545 e. The van der Waals surface area contributed by atoms with E-state index in [1.807, 2.05) is 30.3 Å². The van der Waals surface area contributed by atoms with Gasteiger partial charge in [0.25, 0.3) is 0 Å². The molecule has 0 aliphatic heterocycles. The lowest BCUT2D eigenvalue weighted by Crippen LogP contribution is -2.23. The SMILES string of the molecule is Clc1ccccc1.O=C([O-])C=CC(=O)[O-].[NH4+].[NH4+]. The number of aliphatic carboxylic acids is 2. The maximum Gasteiger partial charge on any atom is 0.0643 e. The third-order valence-electron chi connectivity index (χ3n) is 1.09. The molecule has 0 saturated carbocycles. The van der Waals surface area contributed by atoms with E-state index >= 15 is 0 Å². The third kappa shape index (κ3) is 16.8. The number of carbonyl (C=O) groups is 2. The zero-order valence-electron chi connectivity index (χ0n) is 9.55. The lowest BCUT2D eigenvalue weighted by atomic mass is 10.4. The normalized spacial score (nSPS) is 8.06. The van der Waals surface area contributed by atoms with Gasteiger partial charge in [-0.25, -0.2) is 0 Å². The fourth-order valence-electron chi connectivity index (χ4n) is 0.551. The molecule has 8 N–H and O–H groups in total. The fraction of sp³-hybridized carbons (Fsp3) is 0. The van der Waals surface area contributed by atoms with Crippen molar-refractivity contribution in [1.29, 1.82) is 0 Å². The maximum atomic E-state index is 9.41. The fourth-order valence-corrected chi connectivity index (χ4v) is 0.696. The highest BCUT2D eigenvalue weighted by Gasteiger charge is 1.75. The van der Waals surface area contributed by atoms with Crippen LogP contribution in [0.4, 0.5) is 0 Å². The Morgan fingerprint density at radius 2 is 1.29 bits per heavy atom. The highest BCUT2D eigenvalue weighted by molar-refractivity contribution is 6.30. The molecule has 0 amide bonds. The summed E-state index contributed by atoms with van der Waals surface area (Å²) < 4.78 is 0. The Morgan fingerprint density at radius 3 is 1.47 bits per heavy atom. The molecule has 1 rings (SSSR count). The third-order valence-corrected chi connectivity index (χ3v) is 1.34. The van der Waals surface area contributed by atoms with Crippen LogP contribution >= 0.6 is 11.6 Å². The van der Waals surface area contributed by atoms with E-state index in [2.05, 4.69) is 0 Å². The quantitative estimate of drug-likeness (QED) is 0.727. The molecule has 0 radical (unpaired) electrons. The van der Waals surface area contributed by atoms with Gasteiger partial charge in [-0.2, -0.15) is 0 Å². The molecule has 0 saturated heterocycles. The van der Waals surface area contributed by atoms with Crippen LogP contribution in [0.5, 0.6) is 0 Å². The van der Waals surface area contributed by atoms with Gasteiger partial charge in [0.1, 0.15) is 0 Å². The van der Waals surface area contributed by atoms with E-state index in [-0.39, 0.29) is 12.3 Å². The van der Waals surface area contributed by atoms with Gasteiger partial charge in [-0.15, -0.1) is 0 Å². The van der Waals surface area contributed by atoms with Crippen LogP contribution in [-0.2, 0) is 9.59 Å². The summed E-state index contributed by atoms with van der Waals surface area (Å²) in [5.41, 5.74) is 0. The van der Waals surface area contributed by atoms with Gasteiger partial charge in [0.2, 0.25) is 0 Å². The van der Waals surface area contributed by atoms with Crippen molar-refractivity contribution in [3.05, 3.63) is 47.5 Å². The highest BCUT2D eigenvalue weighted by Crippen LogP contribution is 2.03. The summed E-state index contributed by atoms with van der Waals surface area (Å²) in [6.45, 7) is 0. The van der Waals surface area contributed by atoms with E-state index < -0.39 is 11.9 Å². The van der Waals surface area contributed by atoms with Gasteiger partial charge in [0.15, 0.2) is 0 Å². The van der Waals surface area contributed by atoms with Gasteiger partial charge in [-0.1, -0.05) is 29.8 Å². The van der Waals surface area contributed by atoms with Gasteiger partial charge >= 0.3 is 0 Å². The van der Waals surface area contributed by atoms with E-state index in [1.54, 1.807) is 0 Å². The number of carboxylic acids is 2. The summed E-state index contributed by atoms with van der Waals surface area (Å²) in [6, 6.07) is 9.44. The second-order valence-corrected chi connectivity index (χ2v) is 2.70. The summed E-state index contributed by atoms with van der Waals surface area (Å²) in [6.07, 6.45) is 0.769. The molecule has 0 aliphatic carbocycles. The Bertz CT molecular complexity index is 339. The summed E-state index contributed by atoms with van der Waals surface area (Å²) in [5.74, 6) is -3.09. The number of hydrogen-bond donors (Lipinski definition) is 2. The van der Waals surface area contributed by atoms with Crippen LogP contribution in [0.1, 0.15) is 0 Å². The van der Waals surface area contributed by atoms with Crippen LogP contribution in [0.15, 0.2) is 42.5 Å². The molecule has 0 heterocycles. The minimum Gasteiger partial charge on any atom is -0.545 e. The van der Waals surface area contributed by atoms with Crippen LogP contribution in [0.25, 0.3) is 0 Å². The zero-order valence-corrected chi connectivity index (χ0v) is 10.3. The van der Waals surface area contributed by atoms with Crippen LogP contribution < -0.4 is 22.5 Å². The van der Waals surface area contributed by atoms with E-state index in [0.29, 0.717) is 12.2 Å². The Kier molecular flexibility index (Phi) is 14.7. The number of quaternary nitrogens is 2. The molecule has 0 aliphatic rings. The average Bonchev–Trinajstić information content (AvgIpc) is 2.17. The molecule has 1 aromatic carbocycles. The monoisotopic (exact) mass is 262 g/mol. The van der Waals surface area contributed by atoms with Crippen molar-refractivity contribution in [3.8, 4) is 0 Å². The van der Waals surface area contributed by atoms with Crippen LogP contribution in [0.3, 0.4) is 0 Å². The van der Waals surface area contributed by atoms with Crippen LogP contribution in [-0.4, -0.2) is 11.9 Å². The Balaban J connectivity index is -0.000000207. The molecule has 0 unspecified atom stereocenters. The first-order chi connectivity index (χ1) is 7.02. The van der Waals surface area contributed by atoms with E-state index in [4.69, 9.17) is 11.6 Å². The van der Waals surface area contributed by atoms with Crippen molar-refractivity contribution in [3.63, 3.8) is 0 Å². The van der Waals surface area contributed by atoms with Crippen molar-refractivity contribution < 1.29 is 19.8 Å². The second-order valence-electron chi connectivity index (χ2n) is 2.27. The van der Waals surface area contributed by atoms with Crippen molar-refractivity contribution >= 4 is 23.5 Å². The molecule has 6 nitrogen and oxygen atoms in total. The number of rotatable bonds is 2. The minimum atomic E-state index is -1.55. The maximum absolute atomic E-state index is 9.41. The molecule has 96 valence electrons. The van der Waals surface area contributed by atoms with Crippen LogP contribution in [0, 0.1) is 0 Å². The smallest absolute Gasteiger partial charge is 0.0643 e. The molecular formula is C10H15ClN2O4. The van der Waals surface area contributed by atoms with Gasteiger partial charge in [-0.05, 0) is 24.3 Å². The zero-order chi connectivity index (χ0) is 11.7. The van der Waals surface area contributed by atoms with Crippen molar-refractivity contribution in [2.24, 2.45) is 0 Å². The first-order valence-electron chi connectivity index (χ1n) is 3.83.